The van der Waals surface area contributed by atoms with Crippen LogP contribution in [-0.4, -0.2) is 29.0 Å². The van der Waals surface area contributed by atoms with Crippen LogP contribution in [0.3, 0.4) is 0 Å². The van der Waals surface area contributed by atoms with Gasteiger partial charge in [0, 0.05) is 28.9 Å². The zero-order valence-electron chi connectivity index (χ0n) is 15.5. The second kappa shape index (κ2) is 8.22. The van der Waals surface area contributed by atoms with Crippen LogP contribution in [0.25, 0.3) is 11.1 Å². The maximum atomic E-state index is 14.2. The van der Waals surface area contributed by atoms with Gasteiger partial charge in [0.2, 0.25) is 5.95 Å². The molecule has 0 aliphatic rings. The molecule has 1 amide bonds. The molecule has 0 unspecified atom stereocenters. The van der Waals surface area contributed by atoms with Crippen molar-refractivity contribution >= 4 is 29.4 Å². The maximum Gasteiger partial charge on any atom is 0.262 e. The Hall–Kier alpha value is -3.19. The van der Waals surface area contributed by atoms with Gasteiger partial charge in [-0.25, -0.2) is 4.68 Å². The summed E-state index contributed by atoms with van der Waals surface area (Å²) in [5.74, 6) is -1.26. The molecule has 0 saturated carbocycles. The molecular formula is C20H18ClFN4O2. The molecule has 0 spiro atoms. The number of carbonyl (C=O) groups is 1. The van der Waals surface area contributed by atoms with E-state index < -0.39 is 11.9 Å². The van der Waals surface area contributed by atoms with Crippen LogP contribution in [0.2, 0.25) is 5.02 Å². The molecular weight excluding hydrogens is 383 g/mol. The fourth-order valence-electron chi connectivity index (χ4n) is 2.84. The van der Waals surface area contributed by atoms with Crippen LogP contribution in [-0.2, 0) is 11.9 Å². The Kier molecular flexibility index (Phi) is 5.75. The third-order valence-corrected chi connectivity index (χ3v) is 4.46. The Bertz CT molecular complexity index is 1060. The number of amides is 1. The molecule has 2 aromatic carbocycles. The standard InChI is InChI=1S/C20H18ClFN4O2/c1-12-18(19(22)26(2)25-12)20(27)24-17-7-5-4-6-15(17)14-9-8-13(10-16(14)21)11-23-28-3/h4-11H,1-3H3,(H,24,27)/b23-11+. The molecule has 0 aliphatic heterocycles. The molecule has 1 aromatic heterocycles. The summed E-state index contributed by atoms with van der Waals surface area (Å²) in [6, 6.07) is 12.5. The molecule has 0 fully saturated rings. The summed E-state index contributed by atoms with van der Waals surface area (Å²) in [5, 5.41) is 10.9. The van der Waals surface area contributed by atoms with Crippen molar-refractivity contribution in [3.05, 3.63) is 70.3 Å². The first-order valence-corrected chi connectivity index (χ1v) is 8.76. The number of hydrogen-bond donors (Lipinski definition) is 1. The summed E-state index contributed by atoms with van der Waals surface area (Å²) >= 11 is 6.43. The second-order valence-corrected chi connectivity index (χ2v) is 6.44. The summed E-state index contributed by atoms with van der Waals surface area (Å²) in [5.41, 5.74) is 2.93. The van der Waals surface area contributed by atoms with Gasteiger partial charge in [0.05, 0.1) is 11.9 Å². The number of aryl methyl sites for hydroxylation is 2. The lowest BCUT2D eigenvalue weighted by molar-refractivity contribution is 0.102. The summed E-state index contributed by atoms with van der Waals surface area (Å²) < 4.78 is 15.2. The highest BCUT2D eigenvalue weighted by Crippen LogP contribution is 2.34. The second-order valence-electron chi connectivity index (χ2n) is 6.03. The van der Waals surface area contributed by atoms with Crippen molar-refractivity contribution in [1.29, 1.82) is 0 Å². The van der Waals surface area contributed by atoms with Gasteiger partial charge in [-0.05, 0) is 24.6 Å². The molecule has 0 radical (unpaired) electrons. The van der Waals surface area contributed by atoms with Gasteiger partial charge in [0.15, 0.2) is 0 Å². The summed E-state index contributed by atoms with van der Waals surface area (Å²) in [6.45, 7) is 1.58. The molecule has 1 heterocycles. The van der Waals surface area contributed by atoms with Gasteiger partial charge in [-0.2, -0.15) is 9.49 Å². The topological polar surface area (TPSA) is 68.5 Å². The fourth-order valence-corrected chi connectivity index (χ4v) is 3.13. The lowest BCUT2D eigenvalue weighted by Gasteiger charge is -2.13. The summed E-state index contributed by atoms with van der Waals surface area (Å²) in [4.78, 5) is 17.3. The number of nitrogens with zero attached hydrogens (tertiary/aromatic N) is 3. The molecule has 6 nitrogen and oxygen atoms in total. The monoisotopic (exact) mass is 400 g/mol. The van der Waals surface area contributed by atoms with E-state index in [-0.39, 0.29) is 5.56 Å². The van der Waals surface area contributed by atoms with Gasteiger partial charge in [-0.3, -0.25) is 4.79 Å². The predicted octanol–water partition coefficient (Wildman–Crippen LogP) is 4.42. The summed E-state index contributed by atoms with van der Waals surface area (Å²) in [6.07, 6.45) is 1.54. The van der Waals surface area contributed by atoms with Crippen molar-refractivity contribution in [3.8, 4) is 11.1 Å². The Morgan fingerprint density at radius 1 is 1.29 bits per heavy atom. The fraction of sp³-hybridized carbons (Fsp3) is 0.150. The molecule has 3 aromatic rings. The van der Waals surface area contributed by atoms with Crippen LogP contribution in [0.1, 0.15) is 21.6 Å². The zero-order chi connectivity index (χ0) is 20.3. The number of para-hydroxylation sites is 1. The van der Waals surface area contributed by atoms with E-state index in [0.717, 1.165) is 15.8 Å². The third kappa shape index (κ3) is 3.89. The largest absolute Gasteiger partial charge is 0.399 e. The van der Waals surface area contributed by atoms with Crippen LogP contribution >= 0.6 is 11.6 Å². The van der Waals surface area contributed by atoms with Crippen molar-refractivity contribution in [3.63, 3.8) is 0 Å². The van der Waals surface area contributed by atoms with E-state index in [2.05, 4.69) is 20.4 Å². The van der Waals surface area contributed by atoms with E-state index in [4.69, 9.17) is 11.6 Å². The number of anilines is 1. The quantitative estimate of drug-likeness (QED) is 0.509. The minimum absolute atomic E-state index is 0.0884. The van der Waals surface area contributed by atoms with Crippen molar-refractivity contribution in [2.24, 2.45) is 12.2 Å². The van der Waals surface area contributed by atoms with Gasteiger partial charge >= 0.3 is 0 Å². The zero-order valence-corrected chi connectivity index (χ0v) is 16.3. The number of benzene rings is 2. The highest BCUT2D eigenvalue weighted by Gasteiger charge is 2.21. The number of hydrogen-bond acceptors (Lipinski definition) is 4. The minimum Gasteiger partial charge on any atom is -0.399 e. The molecule has 0 aliphatic carbocycles. The average molecular weight is 401 g/mol. The lowest BCUT2D eigenvalue weighted by atomic mass is 10.0. The molecule has 1 N–H and O–H groups in total. The molecule has 0 saturated heterocycles. The van der Waals surface area contributed by atoms with E-state index in [1.165, 1.54) is 20.4 Å². The van der Waals surface area contributed by atoms with Crippen molar-refractivity contribution in [2.45, 2.75) is 6.92 Å². The van der Waals surface area contributed by atoms with Gasteiger partial charge in [-0.15, -0.1) is 0 Å². The SMILES string of the molecule is CO/N=C/c1ccc(-c2ccccc2NC(=O)c2c(C)nn(C)c2F)c(Cl)c1. The van der Waals surface area contributed by atoms with E-state index in [1.54, 1.807) is 25.1 Å². The lowest BCUT2D eigenvalue weighted by Crippen LogP contribution is -2.15. The van der Waals surface area contributed by atoms with E-state index in [9.17, 15) is 9.18 Å². The minimum atomic E-state index is -0.688. The normalized spacial score (nSPS) is 11.0. The van der Waals surface area contributed by atoms with Crippen LogP contribution in [0, 0.1) is 12.9 Å². The average Bonchev–Trinajstić information content (AvgIpc) is 2.92. The highest BCUT2D eigenvalue weighted by atomic mass is 35.5. The first-order chi connectivity index (χ1) is 13.4. The molecule has 8 heteroatoms. The van der Waals surface area contributed by atoms with Crippen molar-refractivity contribution < 1.29 is 14.0 Å². The van der Waals surface area contributed by atoms with Gasteiger partial charge in [0.1, 0.15) is 12.7 Å². The number of rotatable bonds is 5. The van der Waals surface area contributed by atoms with Crippen LogP contribution in [0.4, 0.5) is 10.1 Å². The van der Waals surface area contributed by atoms with Gasteiger partial charge in [0.25, 0.3) is 5.91 Å². The third-order valence-electron chi connectivity index (χ3n) is 4.15. The number of halogens is 2. The Labute approximate surface area is 166 Å². The molecule has 144 valence electrons. The first kappa shape index (κ1) is 19.6. The number of carbonyl (C=O) groups excluding carboxylic acids is 1. The predicted molar refractivity (Wildman–Crippen MR) is 107 cm³/mol. The van der Waals surface area contributed by atoms with Crippen molar-refractivity contribution in [1.82, 2.24) is 9.78 Å². The van der Waals surface area contributed by atoms with Gasteiger partial charge < -0.3 is 10.2 Å². The number of oxime groups is 1. The highest BCUT2D eigenvalue weighted by molar-refractivity contribution is 6.33. The molecule has 0 atom stereocenters. The van der Waals surface area contributed by atoms with Gasteiger partial charge in [-0.1, -0.05) is 47.1 Å². The smallest absolute Gasteiger partial charge is 0.262 e. The molecule has 3 rings (SSSR count). The van der Waals surface area contributed by atoms with Crippen LogP contribution in [0.15, 0.2) is 47.6 Å². The van der Waals surface area contributed by atoms with Crippen molar-refractivity contribution in [2.75, 3.05) is 12.4 Å². The summed E-state index contributed by atoms with van der Waals surface area (Å²) in [7, 11) is 2.90. The Morgan fingerprint density at radius 3 is 2.68 bits per heavy atom. The Balaban J connectivity index is 1.96. The Morgan fingerprint density at radius 2 is 2.04 bits per heavy atom. The molecule has 0 bridgehead atoms. The molecule has 28 heavy (non-hydrogen) atoms. The number of aromatic nitrogens is 2. The first-order valence-electron chi connectivity index (χ1n) is 8.38. The van der Waals surface area contributed by atoms with E-state index >= 15 is 0 Å². The van der Waals surface area contributed by atoms with Crippen LogP contribution in [0.5, 0.6) is 0 Å². The number of nitrogens with one attached hydrogen (secondary N) is 1. The van der Waals surface area contributed by atoms with E-state index in [0.29, 0.717) is 22.0 Å². The maximum absolute atomic E-state index is 14.2. The van der Waals surface area contributed by atoms with E-state index in [1.807, 2.05) is 24.3 Å². The van der Waals surface area contributed by atoms with Crippen LogP contribution < -0.4 is 5.32 Å².